The largest absolute Gasteiger partial charge is 0.339 e. The van der Waals surface area contributed by atoms with E-state index in [1.54, 1.807) is 29.9 Å². The zero-order valence-electron chi connectivity index (χ0n) is 16.6. The number of carbonyl (C=O) groups excluding carboxylic acids is 2. The van der Waals surface area contributed by atoms with Gasteiger partial charge in [-0.05, 0) is 42.2 Å². The number of hydrogen-bond acceptors (Lipinski definition) is 6. The molecule has 3 aromatic rings. The molecule has 0 radical (unpaired) electrons. The Kier molecular flexibility index (Phi) is 5.16. The van der Waals surface area contributed by atoms with Crippen LogP contribution in [0.3, 0.4) is 0 Å². The van der Waals surface area contributed by atoms with Crippen LogP contribution in [0.2, 0.25) is 0 Å². The molecule has 0 saturated carbocycles. The number of nitrogens with zero attached hydrogens (tertiary/aromatic N) is 5. The number of likely N-dealkylation sites (tertiary alicyclic amines) is 2. The lowest BCUT2D eigenvalue weighted by atomic mass is 9.83. The van der Waals surface area contributed by atoms with E-state index in [0.717, 1.165) is 41.5 Å². The summed E-state index contributed by atoms with van der Waals surface area (Å²) in [4.78, 5) is 42.5. The fourth-order valence-electron chi connectivity index (χ4n) is 4.83. The Morgan fingerprint density at radius 1 is 1.07 bits per heavy atom. The second-order valence-corrected chi connectivity index (χ2v) is 8.99. The maximum absolute atomic E-state index is 13.2. The number of rotatable bonds is 3. The van der Waals surface area contributed by atoms with E-state index in [1.807, 2.05) is 27.4 Å². The molecule has 30 heavy (non-hydrogen) atoms. The molecule has 2 saturated heterocycles. The van der Waals surface area contributed by atoms with Crippen molar-refractivity contribution >= 4 is 33.2 Å². The summed E-state index contributed by atoms with van der Waals surface area (Å²) in [6, 6.07) is 2.20. The van der Waals surface area contributed by atoms with Crippen LogP contribution in [0.5, 0.6) is 0 Å². The predicted molar refractivity (Wildman–Crippen MR) is 114 cm³/mol. The van der Waals surface area contributed by atoms with E-state index in [2.05, 4.69) is 15.0 Å². The Labute approximate surface area is 178 Å². The molecular formula is C22H23N5O2S. The number of thiophene rings is 1. The third-order valence-electron chi connectivity index (χ3n) is 6.26. The molecule has 2 fully saturated rings. The van der Waals surface area contributed by atoms with Crippen molar-refractivity contribution in [2.75, 3.05) is 19.6 Å². The van der Waals surface area contributed by atoms with E-state index in [9.17, 15) is 9.59 Å². The van der Waals surface area contributed by atoms with Crippen molar-refractivity contribution in [2.45, 2.75) is 31.7 Å². The highest BCUT2D eigenvalue weighted by molar-refractivity contribution is 7.17. The number of carbonyl (C=O) groups is 2. The maximum Gasteiger partial charge on any atom is 0.256 e. The summed E-state index contributed by atoms with van der Waals surface area (Å²) < 4.78 is 1.04. The van der Waals surface area contributed by atoms with Gasteiger partial charge in [-0.1, -0.05) is 0 Å². The molecule has 2 aliphatic heterocycles. The first-order valence-corrected chi connectivity index (χ1v) is 11.2. The van der Waals surface area contributed by atoms with Crippen molar-refractivity contribution < 1.29 is 9.59 Å². The number of amides is 2. The van der Waals surface area contributed by atoms with Gasteiger partial charge in [0, 0.05) is 55.8 Å². The molecule has 5 rings (SSSR count). The Morgan fingerprint density at radius 2 is 1.93 bits per heavy atom. The summed E-state index contributed by atoms with van der Waals surface area (Å²) >= 11 is 1.60. The lowest BCUT2D eigenvalue weighted by molar-refractivity contribution is -0.137. The Bertz CT molecular complexity index is 1070. The van der Waals surface area contributed by atoms with Crippen LogP contribution >= 0.6 is 11.3 Å². The molecule has 5 heterocycles. The summed E-state index contributed by atoms with van der Waals surface area (Å²) in [5.74, 6) is 0.503. The third kappa shape index (κ3) is 3.56. The fraction of sp³-hybridized carbons (Fsp3) is 0.409. The van der Waals surface area contributed by atoms with Crippen LogP contribution in [0.1, 0.15) is 35.2 Å². The highest BCUT2D eigenvalue weighted by atomic mass is 32.1. The number of aromatic nitrogens is 3. The van der Waals surface area contributed by atoms with Gasteiger partial charge in [-0.3, -0.25) is 14.6 Å². The SMILES string of the molecule is O=C(c1cncc2sccc12)N1CC[C@H]2[C@H](CCCN2C(=O)Cc2cncnc2)C1. The predicted octanol–water partition coefficient (Wildman–Crippen LogP) is 2.78. The van der Waals surface area contributed by atoms with Crippen LogP contribution in [-0.4, -0.2) is 62.2 Å². The van der Waals surface area contributed by atoms with Crippen LogP contribution in [0.4, 0.5) is 0 Å². The second-order valence-electron chi connectivity index (χ2n) is 8.04. The van der Waals surface area contributed by atoms with Gasteiger partial charge in [-0.2, -0.15) is 0 Å². The molecule has 0 spiro atoms. The molecule has 0 aromatic carbocycles. The molecule has 3 aromatic heterocycles. The minimum atomic E-state index is 0.0508. The van der Waals surface area contributed by atoms with Gasteiger partial charge in [-0.25, -0.2) is 9.97 Å². The van der Waals surface area contributed by atoms with Crippen molar-refractivity contribution in [1.82, 2.24) is 24.8 Å². The molecule has 2 aliphatic rings. The van der Waals surface area contributed by atoms with Crippen LogP contribution in [0.25, 0.3) is 10.1 Å². The molecular weight excluding hydrogens is 398 g/mol. The summed E-state index contributed by atoms with van der Waals surface area (Å²) in [5.41, 5.74) is 1.52. The van der Waals surface area contributed by atoms with Gasteiger partial charge in [0.05, 0.1) is 16.7 Å². The monoisotopic (exact) mass is 421 g/mol. The molecule has 154 valence electrons. The van der Waals surface area contributed by atoms with E-state index in [1.165, 1.54) is 6.33 Å². The first kappa shape index (κ1) is 19.1. The third-order valence-corrected chi connectivity index (χ3v) is 7.11. The zero-order valence-corrected chi connectivity index (χ0v) is 17.4. The first-order valence-electron chi connectivity index (χ1n) is 10.3. The molecule has 0 aliphatic carbocycles. The normalized spacial score (nSPS) is 21.5. The highest BCUT2D eigenvalue weighted by Crippen LogP contribution is 2.32. The van der Waals surface area contributed by atoms with Crippen LogP contribution in [0, 0.1) is 5.92 Å². The van der Waals surface area contributed by atoms with Gasteiger partial charge in [-0.15, -0.1) is 11.3 Å². The van der Waals surface area contributed by atoms with Crippen molar-refractivity contribution in [3.63, 3.8) is 0 Å². The van der Waals surface area contributed by atoms with Crippen molar-refractivity contribution in [1.29, 1.82) is 0 Å². The average Bonchev–Trinajstić information content (AvgIpc) is 3.27. The summed E-state index contributed by atoms with van der Waals surface area (Å²) in [6.45, 7) is 2.15. The molecule has 0 unspecified atom stereocenters. The van der Waals surface area contributed by atoms with Gasteiger partial charge in [0.15, 0.2) is 0 Å². The van der Waals surface area contributed by atoms with Gasteiger partial charge in [0.25, 0.3) is 5.91 Å². The fourth-order valence-corrected chi connectivity index (χ4v) is 5.61. The Hall–Kier alpha value is -2.87. The van der Waals surface area contributed by atoms with Crippen LogP contribution in [-0.2, 0) is 11.2 Å². The number of piperidine rings is 2. The standard InChI is InChI=1S/C22H23N5O2S/c28-21(8-15-9-24-14-25-10-15)27-5-1-2-16-13-26(6-3-19(16)27)22(29)18-11-23-12-20-17(18)4-7-30-20/h4,7,9-12,14,16,19H,1-3,5-6,8,13H2/t16-,19+/m1/s1. The molecule has 0 bridgehead atoms. The summed E-state index contributed by atoms with van der Waals surface area (Å²) in [6.07, 6.45) is 11.5. The molecule has 7 nitrogen and oxygen atoms in total. The first-order chi connectivity index (χ1) is 14.7. The highest BCUT2D eigenvalue weighted by Gasteiger charge is 2.39. The Morgan fingerprint density at radius 3 is 2.80 bits per heavy atom. The van der Waals surface area contributed by atoms with E-state index < -0.39 is 0 Å². The van der Waals surface area contributed by atoms with E-state index >= 15 is 0 Å². The minimum absolute atomic E-state index is 0.0508. The smallest absolute Gasteiger partial charge is 0.256 e. The average molecular weight is 422 g/mol. The molecule has 2 amide bonds. The molecule has 8 heteroatoms. The Balaban J connectivity index is 1.29. The minimum Gasteiger partial charge on any atom is -0.339 e. The van der Waals surface area contributed by atoms with Crippen molar-refractivity contribution in [3.05, 3.63) is 53.7 Å². The number of fused-ring (bicyclic) bond motifs is 2. The van der Waals surface area contributed by atoms with Gasteiger partial charge >= 0.3 is 0 Å². The van der Waals surface area contributed by atoms with Gasteiger partial charge in [0.1, 0.15) is 6.33 Å². The van der Waals surface area contributed by atoms with Crippen molar-refractivity contribution in [3.8, 4) is 0 Å². The van der Waals surface area contributed by atoms with Gasteiger partial charge in [0.2, 0.25) is 5.91 Å². The number of pyridine rings is 1. The van der Waals surface area contributed by atoms with E-state index in [4.69, 9.17) is 0 Å². The van der Waals surface area contributed by atoms with E-state index in [-0.39, 0.29) is 17.9 Å². The van der Waals surface area contributed by atoms with E-state index in [0.29, 0.717) is 31.0 Å². The molecule has 2 atom stereocenters. The lowest BCUT2D eigenvalue weighted by Crippen LogP contribution is -2.57. The second kappa shape index (κ2) is 8.10. The summed E-state index contributed by atoms with van der Waals surface area (Å²) in [7, 11) is 0. The van der Waals surface area contributed by atoms with Crippen LogP contribution in [0.15, 0.2) is 42.6 Å². The van der Waals surface area contributed by atoms with Crippen LogP contribution < -0.4 is 0 Å². The molecule has 0 N–H and O–H groups in total. The lowest BCUT2D eigenvalue weighted by Gasteiger charge is -2.47. The van der Waals surface area contributed by atoms with Crippen molar-refractivity contribution in [2.24, 2.45) is 5.92 Å². The quantitative estimate of drug-likeness (QED) is 0.650. The van der Waals surface area contributed by atoms with Gasteiger partial charge < -0.3 is 9.80 Å². The topological polar surface area (TPSA) is 79.3 Å². The zero-order chi connectivity index (χ0) is 20.5. The number of hydrogen-bond donors (Lipinski definition) is 0. The summed E-state index contributed by atoms with van der Waals surface area (Å²) in [5, 5.41) is 2.98. The maximum atomic E-state index is 13.2.